The number of benzene rings is 2. The zero-order valence-corrected chi connectivity index (χ0v) is 15.9. The molecular weight excluding hydrogens is 369 g/mol. The molecule has 0 spiro atoms. The van der Waals surface area contributed by atoms with Gasteiger partial charge >= 0.3 is 0 Å². The zero-order chi connectivity index (χ0) is 18.5. The summed E-state index contributed by atoms with van der Waals surface area (Å²) in [4.78, 5) is 25.4. The van der Waals surface area contributed by atoms with Gasteiger partial charge in [-0.15, -0.1) is 0 Å². The molecule has 0 unspecified atom stereocenters. The zero-order valence-electron chi connectivity index (χ0n) is 14.4. The number of carbonyl (C=O) groups is 2. The van der Waals surface area contributed by atoms with Crippen molar-refractivity contribution in [3.8, 4) is 0 Å². The largest absolute Gasteiger partial charge is 0.352 e. The lowest BCUT2D eigenvalue weighted by Gasteiger charge is -2.12. The molecule has 1 saturated carbocycles. The summed E-state index contributed by atoms with van der Waals surface area (Å²) in [6, 6.07) is 11.6. The molecule has 1 fully saturated rings. The third kappa shape index (κ3) is 4.46. The Labute approximate surface area is 163 Å². The van der Waals surface area contributed by atoms with Gasteiger partial charge in [0.05, 0.1) is 15.6 Å². The van der Waals surface area contributed by atoms with E-state index in [1.165, 1.54) is 31.7 Å². The highest BCUT2D eigenvalue weighted by Crippen LogP contribution is 2.27. The van der Waals surface area contributed by atoms with Crippen molar-refractivity contribution >= 4 is 34.9 Å². The Morgan fingerprint density at radius 1 is 0.962 bits per heavy atom. The van der Waals surface area contributed by atoms with Crippen molar-refractivity contribution in [1.29, 1.82) is 0 Å². The summed E-state index contributed by atoms with van der Waals surface area (Å²) >= 11 is 11.9. The van der Waals surface area contributed by atoms with E-state index in [1.807, 2.05) is 0 Å². The van der Waals surface area contributed by atoms with Crippen LogP contribution in [0.1, 0.15) is 58.4 Å². The van der Waals surface area contributed by atoms with Crippen molar-refractivity contribution in [3.05, 3.63) is 69.2 Å². The number of hydrogen-bond donors (Lipinski definition) is 1. The first kappa shape index (κ1) is 18.9. The van der Waals surface area contributed by atoms with Crippen molar-refractivity contribution in [2.75, 3.05) is 6.54 Å². The summed E-state index contributed by atoms with van der Waals surface area (Å²) in [6.45, 7) is 0.638. The van der Waals surface area contributed by atoms with Crippen LogP contribution in [0.15, 0.2) is 42.5 Å². The Hall–Kier alpha value is -1.84. The van der Waals surface area contributed by atoms with Crippen LogP contribution >= 0.6 is 23.2 Å². The van der Waals surface area contributed by atoms with E-state index in [9.17, 15) is 9.59 Å². The summed E-state index contributed by atoms with van der Waals surface area (Å²) in [6.07, 6.45) is 6.08. The number of ketones is 1. The quantitative estimate of drug-likeness (QED) is 0.659. The molecule has 3 rings (SSSR count). The fourth-order valence-corrected chi connectivity index (χ4v) is 3.75. The molecule has 1 aliphatic rings. The fourth-order valence-electron chi connectivity index (χ4n) is 3.46. The summed E-state index contributed by atoms with van der Waals surface area (Å²) < 4.78 is 0. The fraction of sp³-hybridized carbons (Fsp3) is 0.333. The highest BCUT2D eigenvalue weighted by atomic mass is 35.5. The topological polar surface area (TPSA) is 46.2 Å². The molecule has 5 heteroatoms. The molecule has 136 valence electrons. The minimum Gasteiger partial charge on any atom is -0.352 e. The molecule has 0 bridgehead atoms. The van der Waals surface area contributed by atoms with E-state index >= 15 is 0 Å². The second-order valence-corrected chi connectivity index (χ2v) is 7.51. The van der Waals surface area contributed by atoms with Crippen LogP contribution in [0, 0.1) is 5.92 Å². The van der Waals surface area contributed by atoms with Gasteiger partial charge in [0.2, 0.25) is 0 Å². The first-order valence-electron chi connectivity index (χ1n) is 8.93. The maximum absolute atomic E-state index is 12.8. The van der Waals surface area contributed by atoms with Gasteiger partial charge in [0.1, 0.15) is 0 Å². The highest BCUT2D eigenvalue weighted by molar-refractivity contribution is 6.42. The first-order valence-corrected chi connectivity index (χ1v) is 9.69. The number of halogens is 2. The van der Waals surface area contributed by atoms with Crippen molar-refractivity contribution < 1.29 is 9.59 Å². The summed E-state index contributed by atoms with van der Waals surface area (Å²) in [5.74, 6) is 0.250. The molecular formula is C21H21Cl2NO2. The van der Waals surface area contributed by atoms with Gasteiger partial charge in [-0.1, -0.05) is 67.1 Å². The van der Waals surface area contributed by atoms with E-state index in [1.54, 1.807) is 36.4 Å². The minimum absolute atomic E-state index is 0.216. The van der Waals surface area contributed by atoms with Gasteiger partial charge < -0.3 is 5.32 Å². The summed E-state index contributed by atoms with van der Waals surface area (Å²) in [5, 5.41) is 3.66. The first-order chi connectivity index (χ1) is 12.6. The smallest absolute Gasteiger partial charge is 0.252 e. The van der Waals surface area contributed by atoms with Crippen LogP contribution in [0.2, 0.25) is 10.0 Å². The molecule has 1 aliphatic carbocycles. The van der Waals surface area contributed by atoms with Crippen molar-refractivity contribution in [3.63, 3.8) is 0 Å². The lowest BCUT2D eigenvalue weighted by atomic mass is 9.97. The van der Waals surface area contributed by atoms with Gasteiger partial charge in [-0.05, 0) is 36.6 Å². The molecule has 0 saturated heterocycles. The second kappa shape index (κ2) is 8.70. The molecule has 1 amide bonds. The average molecular weight is 390 g/mol. The van der Waals surface area contributed by atoms with Crippen LogP contribution < -0.4 is 5.32 Å². The molecule has 0 radical (unpaired) electrons. The van der Waals surface area contributed by atoms with Crippen LogP contribution in [0.25, 0.3) is 0 Å². The monoisotopic (exact) mass is 389 g/mol. The maximum atomic E-state index is 12.8. The Bertz CT molecular complexity index is 813. The molecule has 2 aromatic carbocycles. The molecule has 1 N–H and O–H groups in total. The Kier molecular flexibility index (Phi) is 6.33. The van der Waals surface area contributed by atoms with E-state index in [2.05, 4.69) is 5.32 Å². The normalized spacial score (nSPS) is 14.4. The predicted octanol–water partition coefficient (Wildman–Crippen LogP) is 5.53. The van der Waals surface area contributed by atoms with Crippen LogP contribution in [-0.4, -0.2) is 18.2 Å². The van der Waals surface area contributed by atoms with E-state index in [4.69, 9.17) is 23.2 Å². The highest BCUT2D eigenvalue weighted by Gasteiger charge is 2.19. The van der Waals surface area contributed by atoms with Crippen LogP contribution in [0.5, 0.6) is 0 Å². The van der Waals surface area contributed by atoms with Gasteiger partial charge in [0.25, 0.3) is 5.91 Å². The number of amides is 1. The number of hydrogen-bond acceptors (Lipinski definition) is 2. The summed E-state index contributed by atoms with van der Waals surface area (Å²) in [5.41, 5.74) is 1.16. The van der Waals surface area contributed by atoms with Crippen molar-refractivity contribution in [1.82, 2.24) is 5.32 Å². The lowest BCUT2D eigenvalue weighted by molar-refractivity contribution is 0.0940. The molecule has 0 aliphatic heterocycles. The van der Waals surface area contributed by atoms with Crippen LogP contribution in [-0.2, 0) is 0 Å². The molecule has 0 aromatic heterocycles. The van der Waals surface area contributed by atoms with E-state index < -0.39 is 0 Å². The van der Waals surface area contributed by atoms with Crippen LogP contribution in [0.4, 0.5) is 0 Å². The van der Waals surface area contributed by atoms with E-state index in [0.717, 1.165) is 6.42 Å². The average Bonchev–Trinajstić information content (AvgIpc) is 3.17. The van der Waals surface area contributed by atoms with E-state index in [0.29, 0.717) is 39.2 Å². The lowest BCUT2D eigenvalue weighted by Crippen LogP contribution is -2.27. The maximum Gasteiger partial charge on any atom is 0.252 e. The predicted molar refractivity (Wildman–Crippen MR) is 105 cm³/mol. The van der Waals surface area contributed by atoms with Crippen molar-refractivity contribution in [2.45, 2.75) is 32.1 Å². The molecule has 3 nitrogen and oxygen atoms in total. The van der Waals surface area contributed by atoms with Gasteiger partial charge in [0.15, 0.2) is 5.78 Å². The molecule has 26 heavy (non-hydrogen) atoms. The standard InChI is InChI=1S/C21H21Cl2NO2/c22-18-10-9-15(13-19(18)23)20(25)16-7-3-4-8-17(16)21(26)24-12-11-14-5-1-2-6-14/h3-4,7-10,13-14H,1-2,5-6,11-12H2,(H,24,26). The van der Waals surface area contributed by atoms with Crippen LogP contribution in [0.3, 0.4) is 0 Å². The second-order valence-electron chi connectivity index (χ2n) is 6.70. The number of rotatable bonds is 6. The molecule has 0 atom stereocenters. The third-order valence-electron chi connectivity index (χ3n) is 4.91. The minimum atomic E-state index is -0.245. The molecule has 2 aromatic rings. The molecule has 0 heterocycles. The Balaban J connectivity index is 1.73. The SMILES string of the molecule is O=C(NCCC1CCCC1)c1ccccc1C(=O)c1ccc(Cl)c(Cl)c1. The summed E-state index contributed by atoms with van der Waals surface area (Å²) in [7, 11) is 0. The van der Waals surface area contributed by atoms with Gasteiger partial charge in [-0.25, -0.2) is 0 Å². The van der Waals surface area contributed by atoms with Crippen molar-refractivity contribution in [2.24, 2.45) is 5.92 Å². The van der Waals surface area contributed by atoms with Gasteiger partial charge in [0, 0.05) is 17.7 Å². The Morgan fingerprint density at radius 2 is 1.65 bits per heavy atom. The van der Waals surface area contributed by atoms with Gasteiger partial charge in [-0.3, -0.25) is 9.59 Å². The number of carbonyl (C=O) groups excluding carboxylic acids is 2. The number of nitrogens with one attached hydrogen (secondary N) is 1. The van der Waals surface area contributed by atoms with E-state index in [-0.39, 0.29) is 11.7 Å². The van der Waals surface area contributed by atoms with Gasteiger partial charge in [-0.2, -0.15) is 0 Å². The third-order valence-corrected chi connectivity index (χ3v) is 5.65. The Morgan fingerprint density at radius 3 is 2.35 bits per heavy atom.